The first-order chi connectivity index (χ1) is 8.90. The molecule has 0 aliphatic carbocycles. The van der Waals surface area contributed by atoms with Gasteiger partial charge in [-0.2, -0.15) is 0 Å². The van der Waals surface area contributed by atoms with Gasteiger partial charge in [-0.1, -0.05) is 12.1 Å². The molecule has 6 heteroatoms. The molecule has 1 aromatic rings. The number of nitrogens with zero attached hydrogens (tertiary/aromatic N) is 1. The maximum absolute atomic E-state index is 11.8. The summed E-state index contributed by atoms with van der Waals surface area (Å²) in [5, 5.41) is 0. The Morgan fingerprint density at radius 3 is 2.32 bits per heavy atom. The highest BCUT2D eigenvalue weighted by Crippen LogP contribution is 2.22. The molecule has 0 saturated carbocycles. The third-order valence-electron chi connectivity index (χ3n) is 2.72. The molecule has 0 unspecified atom stereocenters. The van der Waals surface area contributed by atoms with Crippen molar-refractivity contribution in [3.8, 4) is 5.75 Å². The molecule has 0 heterocycles. The van der Waals surface area contributed by atoms with Crippen molar-refractivity contribution in [3.63, 3.8) is 0 Å². The fourth-order valence-electron chi connectivity index (χ4n) is 1.68. The molecular formula is C13H19NO4S. The first-order valence-electron chi connectivity index (χ1n) is 6.09. The minimum absolute atomic E-state index is 0.0994. The van der Waals surface area contributed by atoms with Crippen LogP contribution < -0.4 is 4.74 Å². The molecule has 5 nitrogen and oxygen atoms in total. The number of carbonyl (C=O) groups excluding carboxylic acids is 1. The zero-order valence-electron chi connectivity index (χ0n) is 11.4. The molecule has 0 aromatic heterocycles. The first-order valence-corrected chi connectivity index (χ1v) is 7.99. The number of likely N-dealkylation sites (N-methyl/N-ethyl adjacent to an activating group) is 1. The summed E-state index contributed by atoms with van der Waals surface area (Å²) in [5.74, 6) is 0.0545. The Balaban J connectivity index is 2.82. The summed E-state index contributed by atoms with van der Waals surface area (Å²) < 4.78 is 28.5. The second-order valence-corrected chi connectivity index (χ2v) is 6.06. The smallest absolute Gasteiger partial charge is 0.260 e. The van der Waals surface area contributed by atoms with Crippen LogP contribution in [-0.2, 0) is 14.6 Å². The number of carbonyl (C=O) groups is 1. The van der Waals surface area contributed by atoms with E-state index in [1.54, 1.807) is 23.1 Å². The van der Waals surface area contributed by atoms with Gasteiger partial charge < -0.3 is 9.64 Å². The molecule has 0 aliphatic rings. The van der Waals surface area contributed by atoms with Crippen molar-refractivity contribution in [2.24, 2.45) is 0 Å². The number of sulfone groups is 1. The lowest BCUT2D eigenvalue weighted by Gasteiger charge is -2.19. The fraction of sp³-hybridized carbons (Fsp3) is 0.462. The Bertz CT molecular complexity index is 535. The van der Waals surface area contributed by atoms with Gasteiger partial charge in [-0.05, 0) is 26.0 Å². The molecule has 1 aromatic carbocycles. The Morgan fingerprint density at radius 1 is 1.21 bits per heavy atom. The summed E-state index contributed by atoms with van der Waals surface area (Å²) in [6.07, 6.45) is 1.11. The van der Waals surface area contributed by atoms with E-state index in [0.717, 1.165) is 6.26 Å². The van der Waals surface area contributed by atoms with E-state index in [4.69, 9.17) is 4.74 Å². The summed E-state index contributed by atoms with van der Waals surface area (Å²) >= 11 is 0. The second kappa shape index (κ2) is 6.56. The van der Waals surface area contributed by atoms with E-state index in [0.29, 0.717) is 13.1 Å². The maximum Gasteiger partial charge on any atom is 0.260 e. The van der Waals surface area contributed by atoms with E-state index in [9.17, 15) is 13.2 Å². The van der Waals surface area contributed by atoms with E-state index in [1.165, 1.54) is 6.07 Å². The zero-order chi connectivity index (χ0) is 14.5. The number of benzene rings is 1. The van der Waals surface area contributed by atoms with Crippen molar-refractivity contribution in [2.75, 3.05) is 26.0 Å². The number of hydrogen-bond acceptors (Lipinski definition) is 4. The van der Waals surface area contributed by atoms with Gasteiger partial charge >= 0.3 is 0 Å². The van der Waals surface area contributed by atoms with Gasteiger partial charge in [0, 0.05) is 19.3 Å². The molecule has 0 saturated heterocycles. The number of amides is 1. The molecule has 19 heavy (non-hydrogen) atoms. The molecule has 0 fully saturated rings. The number of ether oxygens (including phenoxy) is 1. The summed E-state index contributed by atoms with van der Waals surface area (Å²) in [6.45, 7) is 4.81. The van der Waals surface area contributed by atoms with Crippen molar-refractivity contribution >= 4 is 15.7 Å². The van der Waals surface area contributed by atoms with Crippen LogP contribution in [0.4, 0.5) is 0 Å². The van der Waals surface area contributed by atoms with Crippen LogP contribution in [0.1, 0.15) is 13.8 Å². The lowest BCUT2D eigenvalue weighted by Crippen LogP contribution is -2.34. The molecule has 1 rings (SSSR count). The highest BCUT2D eigenvalue weighted by Gasteiger charge is 2.16. The first kappa shape index (κ1) is 15.5. The maximum atomic E-state index is 11.8. The van der Waals surface area contributed by atoms with Gasteiger partial charge in [0.1, 0.15) is 10.6 Å². The summed E-state index contributed by atoms with van der Waals surface area (Å²) in [4.78, 5) is 13.5. The Labute approximate surface area is 114 Å². The molecular weight excluding hydrogens is 266 g/mol. The lowest BCUT2D eigenvalue weighted by atomic mass is 10.3. The van der Waals surface area contributed by atoms with Crippen molar-refractivity contribution in [1.82, 2.24) is 4.90 Å². The van der Waals surface area contributed by atoms with Gasteiger partial charge in [0.15, 0.2) is 16.4 Å². The molecule has 0 atom stereocenters. The van der Waals surface area contributed by atoms with E-state index in [-0.39, 0.29) is 23.2 Å². The van der Waals surface area contributed by atoms with Crippen molar-refractivity contribution in [1.29, 1.82) is 0 Å². The quantitative estimate of drug-likeness (QED) is 0.791. The van der Waals surface area contributed by atoms with Crippen LogP contribution in [0.15, 0.2) is 29.2 Å². The van der Waals surface area contributed by atoms with Crippen LogP contribution in [-0.4, -0.2) is 45.2 Å². The predicted molar refractivity (Wildman–Crippen MR) is 73.0 cm³/mol. The van der Waals surface area contributed by atoms with Gasteiger partial charge in [-0.25, -0.2) is 8.42 Å². The molecule has 0 aliphatic heterocycles. The highest BCUT2D eigenvalue weighted by molar-refractivity contribution is 7.90. The van der Waals surface area contributed by atoms with Crippen LogP contribution in [0.2, 0.25) is 0 Å². The van der Waals surface area contributed by atoms with Crippen LogP contribution >= 0.6 is 0 Å². The molecule has 0 bridgehead atoms. The zero-order valence-corrected chi connectivity index (χ0v) is 12.2. The summed E-state index contributed by atoms with van der Waals surface area (Å²) in [6, 6.07) is 6.31. The molecule has 1 amide bonds. The van der Waals surface area contributed by atoms with Gasteiger partial charge in [-0.15, -0.1) is 0 Å². The van der Waals surface area contributed by atoms with Crippen molar-refractivity contribution < 1.29 is 17.9 Å². The molecule has 0 N–H and O–H groups in total. The van der Waals surface area contributed by atoms with Gasteiger partial charge in [-0.3, -0.25) is 4.79 Å². The average Bonchev–Trinajstić information content (AvgIpc) is 2.37. The van der Waals surface area contributed by atoms with E-state index in [1.807, 2.05) is 13.8 Å². The Kier molecular flexibility index (Phi) is 5.35. The van der Waals surface area contributed by atoms with Gasteiger partial charge in [0.05, 0.1) is 0 Å². The summed E-state index contributed by atoms with van der Waals surface area (Å²) in [5.41, 5.74) is 0. The average molecular weight is 285 g/mol. The van der Waals surface area contributed by atoms with Gasteiger partial charge in [0.2, 0.25) is 0 Å². The minimum atomic E-state index is -3.36. The topological polar surface area (TPSA) is 63.7 Å². The minimum Gasteiger partial charge on any atom is -0.482 e. The van der Waals surface area contributed by atoms with Crippen LogP contribution in [0, 0.1) is 0 Å². The Morgan fingerprint density at radius 2 is 1.79 bits per heavy atom. The summed E-state index contributed by atoms with van der Waals surface area (Å²) in [7, 11) is -3.36. The van der Waals surface area contributed by atoms with E-state index < -0.39 is 9.84 Å². The van der Waals surface area contributed by atoms with Crippen LogP contribution in [0.5, 0.6) is 5.75 Å². The standard InChI is InChI=1S/C13H19NO4S/c1-4-14(5-2)13(15)10-18-11-8-6-7-9-12(11)19(3,16)17/h6-9H,4-5,10H2,1-3H3. The largest absolute Gasteiger partial charge is 0.482 e. The van der Waals surface area contributed by atoms with Crippen molar-refractivity contribution in [3.05, 3.63) is 24.3 Å². The SMILES string of the molecule is CCN(CC)C(=O)COc1ccccc1S(C)(=O)=O. The normalized spacial score (nSPS) is 11.1. The van der Waals surface area contributed by atoms with E-state index in [2.05, 4.69) is 0 Å². The third kappa shape index (κ3) is 4.24. The third-order valence-corrected chi connectivity index (χ3v) is 3.85. The Hall–Kier alpha value is -1.56. The molecule has 0 spiro atoms. The molecule has 106 valence electrons. The lowest BCUT2D eigenvalue weighted by molar-refractivity contribution is -0.133. The molecule has 0 radical (unpaired) electrons. The van der Waals surface area contributed by atoms with E-state index >= 15 is 0 Å². The van der Waals surface area contributed by atoms with Crippen LogP contribution in [0.3, 0.4) is 0 Å². The number of rotatable bonds is 6. The fourth-order valence-corrected chi connectivity index (χ4v) is 2.50. The highest BCUT2D eigenvalue weighted by atomic mass is 32.2. The number of para-hydroxylation sites is 1. The van der Waals surface area contributed by atoms with Gasteiger partial charge in [0.25, 0.3) is 5.91 Å². The second-order valence-electron chi connectivity index (χ2n) is 4.07. The predicted octanol–water partition coefficient (Wildman–Crippen LogP) is 1.34. The number of hydrogen-bond donors (Lipinski definition) is 0. The van der Waals surface area contributed by atoms with Crippen LogP contribution in [0.25, 0.3) is 0 Å². The van der Waals surface area contributed by atoms with Crippen molar-refractivity contribution in [2.45, 2.75) is 18.7 Å². The monoisotopic (exact) mass is 285 g/mol.